The van der Waals surface area contributed by atoms with Gasteiger partial charge in [0.05, 0.1) is 13.2 Å². The molecule has 1 aromatic carbocycles. The number of hydrogen-bond acceptors (Lipinski definition) is 4. The summed E-state index contributed by atoms with van der Waals surface area (Å²) in [7, 11) is 1.94. The Kier molecular flexibility index (Phi) is 6.61. The molecule has 1 aromatic rings. The molecule has 0 atom stereocenters. The molecule has 6 nitrogen and oxygen atoms in total. The maximum atomic E-state index is 12.4. The Balaban J connectivity index is 1.78. The van der Waals surface area contributed by atoms with Crippen LogP contribution in [-0.2, 0) is 16.1 Å². The molecule has 2 amide bonds. The van der Waals surface area contributed by atoms with Crippen LogP contribution in [0, 0.1) is 5.92 Å². The summed E-state index contributed by atoms with van der Waals surface area (Å²) in [5.74, 6) is 0.619. The van der Waals surface area contributed by atoms with E-state index in [1.807, 2.05) is 48.0 Å². The lowest BCUT2D eigenvalue weighted by Gasteiger charge is -2.31. The maximum absolute atomic E-state index is 12.4. The van der Waals surface area contributed by atoms with Crippen LogP contribution in [0.4, 0.5) is 0 Å². The van der Waals surface area contributed by atoms with Crippen molar-refractivity contribution in [3.05, 3.63) is 29.8 Å². The quantitative estimate of drug-likeness (QED) is 0.814. The molecule has 0 saturated carbocycles. The van der Waals surface area contributed by atoms with Crippen LogP contribution in [0.2, 0.25) is 0 Å². The Bertz CT molecular complexity index is 551. The van der Waals surface area contributed by atoms with Gasteiger partial charge < -0.3 is 15.4 Å². The van der Waals surface area contributed by atoms with E-state index in [4.69, 9.17) is 10.5 Å². The number of amides is 2. The summed E-state index contributed by atoms with van der Waals surface area (Å²) in [6.45, 7) is 4.91. The summed E-state index contributed by atoms with van der Waals surface area (Å²) >= 11 is 0. The van der Waals surface area contributed by atoms with Crippen LogP contribution in [0.1, 0.15) is 25.3 Å². The van der Waals surface area contributed by atoms with E-state index in [2.05, 4.69) is 0 Å². The van der Waals surface area contributed by atoms with E-state index in [0.717, 1.165) is 11.3 Å². The topological polar surface area (TPSA) is 75.9 Å². The van der Waals surface area contributed by atoms with Gasteiger partial charge in [-0.25, -0.2) is 0 Å². The van der Waals surface area contributed by atoms with Crippen molar-refractivity contribution in [1.82, 2.24) is 9.80 Å². The fraction of sp³-hybridized carbons (Fsp3) is 0.556. The molecular weight excluding hydrogens is 306 g/mol. The number of primary amides is 1. The van der Waals surface area contributed by atoms with E-state index in [-0.39, 0.29) is 17.7 Å². The molecule has 2 rings (SSSR count). The Morgan fingerprint density at radius 1 is 1.25 bits per heavy atom. The van der Waals surface area contributed by atoms with Gasteiger partial charge in [-0.2, -0.15) is 0 Å². The van der Waals surface area contributed by atoms with Crippen LogP contribution in [-0.4, -0.2) is 54.9 Å². The number of carbonyl (C=O) groups is 2. The second-order valence-electron chi connectivity index (χ2n) is 6.31. The fourth-order valence-electron chi connectivity index (χ4n) is 2.97. The van der Waals surface area contributed by atoms with Crippen molar-refractivity contribution in [2.75, 3.05) is 33.3 Å². The summed E-state index contributed by atoms with van der Waals surface area (Å²) in [5, 5.41) is 0. The number of hydrogen-bond donors (Lipinski definition) is 1. The van der Waals surface area contributed by atoms with Gasteiger partial charge in [0.25, 0.3) is 0 Å². The molecule has 0 aromatic heterocycles. The second kappa shape index (κ2) is 8.68. The smallest absolute Gasteiger partial charge is 0.236 e. The molecule has 1 heterocycles. The first kappa shape index (κ1) is 18.3. The Labute approximate surface area is 143 Å². The number of rotatable bonds is 7. The number of likely N-dealkylation sites (tertiary alicyclic amines) is 1. The summed E-state index contributed by atoms with van der Waals surface area (Å²) in [6.07, 6.45) is 1.34. The maximum Gasteiger partial charge on any atom is 0.236 e. The van der Waals surface area contributed by atoms with Crippen molar-refractivity contribution in [2.45, 2.75) is 26.3 Å². The predicted molar refractivity (Wildman–Crippen MR) is 92.4 cm³/mol. The highest BCUT2D eigenvalue weighted by atomic mass is 16.5. The molecule has 0 unspecified atom stereocenters. The highest BCUT2D eigenvalue weighted by molar-refractivity contribution is 5.80. The summed E-state index contributed by atoms with van der Waals surface area (Å²) < 4.78 is 5.43. The van der Waals surface area contributed by atoms with Gasteiger partial charge in [0, 0.05) is 25.6 Å². The monoisotopic (exact) mass is 333 g/mol. The molecule has 1 fully saturated rings. The van der Waals surface area contributed by atoms with Gasteiger partial charge >= 0.3 is 0 Å². The molecule has 0 radical (unpaired) electrons. The number of benzene rings is 1. The molecule has 132 valence electrons. The molecular formula is C18H27N3O3. The van der Waals surface area contributed by atoms with Crippen molar-refractivity contribution >= 4 is 11.8 Å². The zero-order valence-electron chi connectivity index (χ0n) is 14.5. The van der Waals surface area contributed by atoms with Crippen LogP contribution >= 0.6 is 0 Å². The van der Waals surface area contributed by atoms with Crippen molar-refractivity contribution in [3.8, 4) is 5.75 Å². The van der Waals surface area contributed by atoms with Crippen LogP contribution in [0.25, 0.3) is 0 Å². The SMILES string of the molecule is CCOc1ccc(CN(C)CC(=O)N2CCC(C(N)=O)CC2)cc1. The van der Waals surface area contributed by atoms with Gasteiger partial charge in [-0.3, -0.25) is 14.5 Å². The van der Waals surface area contributed by atoms with Gasteiger partial charge in [0.2, 0.25) is 11.8 Å². The third kappa shape index (κ3) is 5.23. The van der Waals surface area contributed by atoms with E-state index in [1.54, 1.807) is 0 Å². The normalized spacial score (nSPS) is 15.5. The third-order valence-electron chi connectivity index (χ3n) is 4.34. The van der Waals surface area contributed by atoms with Crippen LogP contribution < -0.4 is 10.5 Å². The number of piperidine rings is 1. The lowest BCUT2D eigenvalue weighted by atomic mass is 9.96. The first-order valence-electron chi connectivity index (χ1n) is 8.47. The zero-order valence-corrected chi connectivity index (χ0v) is 14.5. The first-order valence-corrected chi connectivity index (χ1v) is 8.47. The van der Waals surface area contributed by atoms with Gasteiger partial charge in [0.15, 0.2) is 0 Å². The number of likely N-dealkylation sites (N-methyl/N-ethyl adjacent to an activating group) is 1. The van der Waals surface area contributed by atoms with E-state index in [9.17, 15) is 9.59 Å². The van der Waals surface area contributed by atoms with E-state index in [0.29, 0.717) is 45.6 Å². The Hall–Kier alpha value is -2.08. The van der Waals surface area contributed by atoms with Crippen molar-refractivity contribution < 1.29 is 14.3 Å². The average molecular weight is 333 g/mol. The minimum atomic E-state index is -0.255. The van der Waals surface area contributed by atoms with Gasteiger partial charge in [0.1, 0.15) is 5.75 Å². The van der Waals surface area contributed by atoms with Crippen molar-refractivity contribution in [1.29, 1.82) is 0 Å². The lowest BCUT2D eigenvalue weighted by Crippen LogP contribution is -2.45. The molecule has 24 heavy (non-hydrogen) atoms. The van der Waals surface area contributed by atoms with Crippen molar-refractivity contribution in [3.63, 3.8) is 0 Å². The standard InChI is InChI=1S/C18H27N3O3/c1-3-24-16-6-4-14(5-7-16)12-20(2)13-17(22)21-10-8-15(9-11-21)18(19)23/h4-7,15H,3,8-13H2,1-2H3,(H2,19,23). The van der Waals surface area contributed by atoms with Gasteiger partial charge in [-0.15, -0.1) is 0 Å². The molecule has 1 saturated heterocycles. The van der Waals surface area contributed by atoms with Gasteiger partial charge in [-0.1, -0.05) is 12.1 Å². The molecule has 2 N–H and O–H groups in total. The van der Waals surface area contributed by atoms with Crippen LogP contribution in [0.15, 0.2) is 24.3 Å². The van der Waals surface area contributed by atoms with Crippen molar-refractivity contribution in [2.24, 2.45) is 11.7 Å². The minimum Gasteiger partial charge on any atom is -0.494 e. The lowest BCUT2D eigenvalue weighted by molar-refractivity contribution is -0.135. The average Bonchev–Trinajstić information content (AvgIpc) is 2.57. The zero-order chi connectivity index (χ0) is 17.5. The molecule has 1 aliphatic rings. The summed E-state index contributed by atoms with van der Waals surface area (Å²) in [6, 6.07) is 7.93. The minimum absolute atomic E-state index is 0.0874. The predicted octanol–water partition coefficient (Wildman–Crippen LogP) is 1.24. The highest BCUT2D eigenvalue weighted by Gasteiger charge is 2.26. The summed E-state index contributed by atoms with van der Waals surface area (Å²) in [4.78, 5) is 27.4. The largest absolute Gasteiger partial charge is 0.494 e. The fourth-order valence-corrected chi connectivity index (χ4v) is 2.97. The van der Waals surface area contributed by atoms with Crippen LogP contribution in [0.3, 0.4) is 0 Å². The molecule has 1 aliphatic heterocycles. The number of ether oxygens (including phenoxy) is 1. The number of nitrogens with two attached hydrogens (primary N) is 1. The molecule has 0 spiro atoms. The molecule has 6 heteroatoms. The highest BCUT2D eigenvalue weighted by Crippen LogP contribution is 2.17. The number of carbonyl (C=O) groups excluding carboxylic acids is 2. The van der Waals surface area contributed by atoms with Crippen LogP contribution in [0.5, 0.6) is 5.75 Å². The Morgan fingerprint density at radius 3 is 2.42 bits per heavy atom. The van der Waals surface area contributed by atoms with E-state index >= 15 is 0 Å². The molecule has 0 aliphatic carbocycles. The van der Waals surface area contributed by atoms with Gasteiger partial charge in [-0.05, 0) is 44.5 Å². The first-order chi connectivity index (χ1) is 11.5. The molecule has 0 bridgehead atoms. The Morgan fingerprint density at radius 2 is 1.88 bits per heavy atom. The van der Waals surface area contributed by atoms with E-state index in [1.165, 1.54) is 0 Å². The van der Waals surface area contributed by atoms with E-state index < -0.39 is 0 Å². The number of nitrogens with zero attached hydrogens (tertiary/aromatic N) is 2. The summed E-state index contributed by atoms with van der Waals surface area (Å²) in [5.41, 5.74) is 6.47. The second-order valence-corrected chi connectivity index (χ2v) is 6.31. The third-order valence-corrected chi connectivity index (χ3v) is 4.34.